The van der Waals surface area contributed by atoms with Crippen molar-refractivity contribution in [3.05, 3.63) is 0 Å². The maximum atomic E-state index is 12.3. The number of ether oxygens (including phenoxy) is 2. The smallest absolute Gasteiger partial charge is 0.349 e. The number of esters is 2. The highest BCUT2D eigenvalue weighted by Gasteiger charge is 2.40. The van der Waals surface area contributed by atoms with Gasteiger partial charge in [0.25, 0.3) is 0 Å². The molecule has 0 aliphatic heterocycles. The van der Waals surface area contributed by atoms with Gasteiger partial charge in [-0.15, -0.1) is 0 Å². The highest BCUT2D eigenvalue weighted by atomic mass is 16.6. The number of carboxylic acids is 2. The van der Waals surface area contributed by atoms with Crippen LogP contribution in [0.3, 0.4) is 0 Å². The minimum absolute atomic E-state index is 0.000778. The summed E-state index contributed by atoms with van der Waals surface area (Å²) < 4.78 is 9.94. The van der Waals surface area contributed by atoms with Crippen LogP contribution >= 0.6 is 0 Å². The van der Waals surface area contributed by atoms with Gasteiger partial charge in [0, 0.05) is 12.8 Å². The zero-order chi connectivity index (χ0) is 32.7. The predicted molar refractivity (Wildman–Crippen MR) is 176 cm³/mol. The van der Waals surface area contributed by atoms with Crippen LogP contribution in [-0.2, 0) is 28.7 Å². The van der Waals surface area contributed by atoms with E-state index in [1.54, 1.807) is 0 Å². The number of rotatable bonds is 33. The molecule has 0 saturated heterocycles. The van der Waals surface area contributed by atoms with E-state index < -0.39 is 36.1 Å². The van der Waals surface area contributed by atoms with Gasteiger partial charge in [-0.3, -0.25) is 9.59 Å². The van der Waals surface area contributed by atoms with E-state index in [4.69, 9.17) is 9.47 Å². The number of carbonyl (C=O) groups excluding carboxylic acids is 2. The molecular weight excluding hydrogens is 560 g/mol. The van der Waals surface area contributed by atoms with Crippen molar-refractivity contribution in [2.45, 2.75) is 206 Å². The number of hydrogen-bond donors (Lipinski definition) is 2. The molecule has 0 aromatic heterocycles. The summed E-state index contributed by atoms with van der Waals surface area (Å²) in [7, 11) is 0. The summed E-state index contributed by atoms with van der Waals surface area (Å²) in [5, 5.41) is 19.0. The van der Waals surface area contributed by atoms with Crippen molar-refractivity contribution >= 4 is 23.9 Å². The first-order valence-corrected chi connectivity index (χ1v) is 18.2. The number of hydrogen-bond acceptors (Lipinski definition) is 6. The van der Waals surface area contributed by atoms with Gasteiger partial charge in [0.1, 0.15) is 0 Å². The maximum absolute atomic E-state index is 12.3. The van der Waals surface area contributed by atoms with Gasteiger partial charge in [0.15, 0.2) is 0 Å². The molecule has 0 fully saturated rings. The largest absolute Gasteiger partial charge is 0.478 e. The standard InChI is InChI=1S/C36H66O8/c1-3-5-7-9-11-13-15-17-19-21-23-25-27-29-31(37)43-33(35(39)40)34(36(41)42)44-32(38)30-28-26-24-22-20-18-16-14-12-10-8-6-4-2/h33-34H,3-30H2,1-2H3,(H,39,40)(H,41,42)/t33-,34-/m1/s1. The van der Waals surface area contributed by atoms with Crippen molar-refractivity contribution in [1.82, 2.24) is 0 Å². The third kappa shape index (κ3) is 26.3. The molecule has 8 heteroatoms. The Morgan fingerprint density at radius 1 is 0.386 bits per heavy atom. The summed E-state index contributed by atoms with van der Waals surface area (Å²) in [6.07, 6.45) is 25.9. The van der Waals surface area contributed by atoms with Crippen LogP contribution in [0.1, 0.15) is 194 Å². The Balaban J connectivity index is 4.07. The van der Waals surface area contributed by atoms with E-state index in [0.717, 1.165) is 38.5 Å². The zero-order valence-corrected chi connectivity index (χ0v) is 28.3. The Labute approximate surface area is 268 Å². The Bertz CT molecular complexity index is 663. The van der Waals surface area contributed by atoms with Crippen molar-refractivity contribution in [1.29, 1.82) is 0 Å². The molecule has 0 bridgehead atoms. The fourth-order valence-electron chi connectivity index (χ4n) is 5.46. The molecule has 2 N–H and O–H groups in total. The van der Waals surface area contributed by atoms with Crippen LogP contribution in [0.5, 0.6) is 0 Å². The van der Waals surface area contributed by atoms with Gasteiger partial charge in [0.2, 0.25) is 12.2 Å². The first kappa shape index (κ1) is 41.9. The lowest BCUT2D eigenvalue weighted by Gasteiger charge is -2.21. The summed E-state index contributed by atoms with van der Waals surface area (Å²) in [5.74, 6) is -4.88. The van der Waals surface area contributed by atoms with Gasteiger partial charge in [-0.25, -0.2) is 9.59 Å². The minimum Gasteiger partial charge on any atom is -0.478 e. The molecule has 8 nitrogen and oxygen atoms in total. The van der Waals surface area contributed by atoms with Crippen LogP contribution in [0.15, 0.2) is 0 Å². The second kappa shape index (κ2) is 30.9. The SMILES string of the molecule is CCCCCCCCCCCCCCCC(=O)O[C@@H](C(=O)O)[C@@H](OC(=O)CCCCCCCCCCCCCCC)C(=O)O. The van der Waals surface area contributed by atoms with Crippen molar-refractivity contribution in [3.63, 3.8) is 0 Å². The second-order valence-corrected chi connectivity index (χ2v) is 12.5. The lowest BCUT2D eigenvalue weighted by Crippen LogP contribution is -2.45. The molecule has 0 rings (SSSR count). The molecule has 0 aromatic rings. The summed E-state index contributed by atoms with van der Waals surface area (Å²) in [4.78, 5) is 47.9. The second-order valence-electron chi connectivity index (χ2n) is 12.5. The van der Waals surface area contributed by atoms with E-state index in [1.807, 2.05) is 0 Å². The fourth-order valence-corrected chi connectivity index (χ4v) is 5.46. The van der Waals surface area contributed by atoms with Crippen molar-refractivity contribution in [2.24, 2.45) is 0 Å². The van der Waals surface area contributed by atoms with Crippen molar-refractivity contribution in [3.8, 4) is 0 Å². The molecule has 0 unspecified atom stereocenters. The molecule has 0 amide bonds. The Kier molecular flexibility index (Phi) is 29.4. The molecular formula is C36H66O8. The summed E-state index contributed by atoms with van der Waals surface area (Å²) in [6.45, 7) is 4.46. The molecule has 2 atom stereocenters. The Hall–Kier alpha value is -2.12. The average molecular weight is 627 g/mol. The Morgan fingerprint density at radius 3 is 0.795 bits per heavy atom. The minimum atomic E-state index is -2.07. The van der Waals surface area contributed by atoms with Gasteiger partial charge in [-0.05, 0) is 12.8 Å². The lowest BCUT2D eigenvalue weighted by molar-refractivity contribution is -0.187. The monoisotopic (exact) mass is 626 g/mol. The number of aliphatic carboxylic acids is 2. The van der Waals surface area contributed by atoms with E-state index in [0.29, 0.717) is 12.8 Å². The average Bonchev–Trinajstić information content (AvgIpc) is 2.99. The van der Waals surface area contributed by atoms with Crippen molar-refractivity contribution < 1.29 is 38.9 Å². The zero-order valence-electron chi connectivity index (χ0n) is 28.3. The fraction of sp³-hybridized carbons (Fsp3) is 0.889. The van der Waals surface area contributed by atoms with Gasteiger partial charge in [-0.1, -0.05) is 168 Å². The van der Waals surface area contributed by atoms with Crippen LogP contribution in [0, 0.1) is 0 Å². The molecule has 0 aromatic carbocycles. The predicted octanol–water partition coefficient (Wildman–Crippen LogP) is 9.94. The van der Waals surface area contributed by atoms with E-state index in [9.17, 15) is 29.4 Å². The molecule has 258 valence electrons. The molecule has 0 aliphatic carbocycles. The van der Waals surface area contributed by atoms with Crippen LogP contribution in [0.2, 0.25) is 0 Å². The summed E-state index contributed by atoms with van der Waals surface area (Å²) >= 11 is 0. The number of carbonyl (C=O) groups is 4. The third-order valence-electron chi connectivity index (χ3n) is 8.25. The van der Waals surface area contributed by atoms with Gasteiger partial charge < -0.3 is 19.7 Å². The summed E-state index contributed by atoms with van der Waals surface area (Å²) in [6, 6.07) is 0. The van der Waals surface area contributed by atoms with Crippen LogP contribution in [0.25, 0.3) is 0 Å². The van der Waals surface area contributed by atoms with Gasteiger partial charge in [-0.2, -0.15) is 0 Å². The normalized spacial score (nSPS) is 12.5. The van der Waals surface area contributed by atoms with Gasteiger partial charge in [0.05, 0.1) is 0 Å². The maximum Gasteiger partial charge on any atom is 0.349 e. The molecule has 0 saturated carbocycles. The first-order valence-electron chi connectivity index (χ1n) is 18.2. The first-order chi connectivity index (χ1) is 21.3. The highest BCUT2D eigenvalue weighted by molar-refractivity contribution is 5.87. The molecule has 0 aliphatic rings. The topological polar surface area (TPSA) is 127 Å². The molecule has 0 spiro atoms. The quantitative estimate of drug-likeness (QED) is 0.0544. The highest BCUT2D eigenvalue weighted by Crippen LogP contribution is 2.16. The van der Waals surface area contributed by atoms with E-state index in [1.165, 1.54) is 116 Å². The van der Waals surface area contributed by atoms with Crippen LogP contribution in [0.4, 0.5) is 0 Å². The number of carboxylic acid groups (broad SMARTS) is 2. The van der Waals surface area contributed by atoms with E-state index >= 15 is 0 Å². The molecule has 0 radical (unpaired) electrons. The third-order valence-corrected chi connectivity index (χ3v) is 8.25. The van der Waals surface area contributed by atoms with Gasteiger partial charge >= 0.3 is 23.9 Å². The Morgan fingerprint density at radius 2 is 0.591 bits per heavy atom. The lowest BCUT2D eigenvalue weighted by atomic mass is 10.0. The van der Waals surface area contributed by atoms with Crippen LogP contribution < -0.4 is 0 Å². The summed E-state index contributed by atoms with van der Waals surface area (Å²) in [5.41, 5.74) is 0. The number of unbranched alkanes of at least 4 members (excludes halogenated alkanes) is 24. The molecule has 0 heterocycles. The molecule has 44 heavy (non-hydrogen) atoms. The van der Waals surface area contributed by atoms with E-state index in [2.05, 4.69) is 13.8 Å². The van der Waals surface area contributed by atoms with E-state index in [-0.39, 0.29) is 12.8 Å². The van der Waals surface area contributed by atoms with Crippen molar-refractivity contribution in [2.75, 3.05) is 0 Å². The van der Waals surface area contributed by atoms with Crippen LogP contribution in [-0.4, -0.2) is 46.3 Å².